The number of fused-ring (bicyclic) bond motifs is 11. The van der Waals surface area contributed by atoms with Gasteiger partial charge in [0.15, 0.2) is 0 Å². The second-order valence-electron chi connectivity index (χ2n) is 14.1. The van der Waals surface area contributed by atoms with Gasteiger partial charge in [-0.3, -0.25) is 0 Å². The lowest BCUT2D eigenvalue weighted by Crippen LogP contribution is -2.59. The average molecular weight is 676 g/mol. The van der Waals surface area contributed by atoms with Crippen molar-refractivity contribution >= 4 is 83.8 Å². The molecule has 0 N–H and O–H groups in total. The maximum absolute atomic E-state index is 6.97. The van der Waals surface area contributed by atoms with E-state index in [2.05, 4.69) is 196 Å². The molecule has 0 saturated heterocycles. The van der Waals surface area contributed by atoms with Crippen molar-refractivity contribution in [1.29, 1.82) is 0 Å². The first kappa shape index (κ1) is 28.7. The van der Waals surface area contributed by atoms with Crippen molar-refractivity contribution in [2.24, 2.45) is 0 Å². The molecule has 0 spiro atoms. The van der Waals surface area contributed by atoms with E-state index in [1.54, 1.807) is 0 Å². The number of hydrogen-bond acceptors (Lipinski definition) is 2. The van der Waals surface area contributed by atoms with Crippen molar-refractivity contribution in [3.63, 3.8) is 0 Å². The first-order valence-corrected chi connectivity index (χ1v) is 18.2. The summed E-state index contributed by atoms with van der Waals surface area (Å²) in [6.45, 7) is 0.0423. The molecular formula is C48H30BN3O. The lowest BCUT2D eigenvalue weighted by Gasteiger charge is -2.40. The zero-order valence-corrected chi connectivity index (χ0v) is 28.6. The largest absolute Gasteiger partial charge is 0.458 e. The third-order valence-electron chi connectivity index (χ3n) is 11.3. The van der Waals surface area contributed by atoms with E-state index in [4.69, 9.17) is 4.74 Å². The number of hydrogen-bond donors (Lipinski definition) is 0. The Bertz CT molecular complexity index is 3110. The van der Waals surface area contributed by atoms with Gasteiger partial charge in [0.25, 0.3) is 6.71 Å². The summed E-state index contributed by atoms with van der Waals surface area (Å²) in [6.07, 6.45) is 0. The SMILES string of the molecule is c1ccc(N2c3ccccc3B3c4ccccc4Oc4cc(-n5c6ccccc6c6ccc7c8ccccc8n(-c8ccccc8)c7c65)cc2c43)cc1. The monoisotopic (exact) mass is 675 g/mol. The van der Waals surface area contributed by atoms with Crippen molar-refractivity contribution in [2.45, 2.75) is 0 Å². The molecule has 0 saturated carbocycles. The van der Waals surface area contributed by atoms with E-state index < -0.39 is 0 Å². The minimum Gasteiger partial charge on any atom is -0.458 e. The molecule has 0 amide bonds. The predicted molar refractivity (Wildman–Crippen MR) is 221 cm³/mol. The second-order valence-corrected chi connectivity index (χ2v) is 14.1. The minimum atomic E-state index is 0.0423. The molecule has 0 aliphatic carbocycles. The molecule has 53 heavy (non-hydrogen) atoms. The number of nitrogens with zero attached hydrogens (tertiary/aromatic N) is 3. The highest BCUT2D eigenvalue weighted by molar-refractivity contribution is 6.99. The summed E-state index contributed by atoms with van der Waals surface area (Å²) in [5.41, 5.74) is 14.0. The molecule has 4 nitrogen and oxygen atoms in total. The third-order valence-corrected chi connectivity index (χ3v) is 11.3. The number of rotatable bonds is 3. The molecule has 4 heterocycles. The maximum atomic E-state index is 6.97. The highest BCUT2D eigenvalue weighted by Gasteiger charge is 2.42. The van der Waals surface area contributed by atoms with Crippen LogP contribution in [0.2, 0.25) is 0 Å². The lowest BCUT2D eigenvalue weighted by atomic mass is 9.34. The zero-order valence-electron chi connectivity index (χ0n) is 28.6. The number of benzene rings is 8. The number of anilines is 3. The Hall–Kier alpha value is -6.98. The summed E-state index contributed by atoms with van der Waals surface area (Å²) in [5.74, 6) is 1.79. The van der Waals surface area contributed by atoms with Gasteiger partial charge in [0.05, 0.1) is 27.8 Å². The molecule has 5 heteroatoms. The zero-order chi connectivity index (χ0) is 34.6. The van der Waals surface area contributed by atoms with E-state index in [-0.39, 0.29) is 6.71 Å². The topological polar surface area (TPSA) is 22.3 Å². The molecule has 0 bridgehead atoms. The van der Waals surface area contributed by atoms with Crippen molar-refractivity contribution in [2.75, 3.05) is 4.90 Å². The second kappa shape index (κ2) is 10.8. The van der Waals surface area contributed by atoms with Crippen LogP contribution < -0.4 is 26.0 Å². The van der Waals surface area contributed by atoms with Gasteiger partial charge >= 0.3 is 0 Å². The van der Waals surface area contributed by atoms with Crippen LogP contribution in [0.25, 0.3) is 55.0 Å². The summed E-state index contributed by atoms with van der Waals surface area (Å²) < 4.78 is 11.9. The van der Waals surface area contributed by atoms with Crippen LogP contribution >= 0.6 is 0 Å². The van der Waals surface area contributed by atoms with E-state index in [0.29, 0.717) is 0 Å². The summed E-state index contributed by atoms with van der Waals surface area (Å²) in [4.78, 5) is 2.43. The molecular weight excluding hydrogens is 645 g/mol. The van der Waals surface area contributed by atoms with Gasteiger partial charge in [0, 0.05) is 50.4 Å². The van der Waals surface area contributed by atoms with Crippen LogP contribution in [-0.2, 0) is 0 Å². The van der Waals surface area contributed by atoms with Crippen molar-refractivity contribution in [3.8, 4) is 22.9 Å². The quantitative estimate of drug-likeness (QED) is 0.174. The van der Waals surface area contributed by atoms with Crippen LogP contribution in [0.1, 0.15) is 0 Å². The maximum Gasteiger partial charge on any atom is 0.256 e. The van der Waals surface area contributed by atoms with Gasteiger partial charge in [-0.15, -0.1) is 0 Å². The number of ether oxygens (including phenoxy) is 1. The average Bonchev–Trinajstić information content (AvgIpc) is 3.74. The molecule has 2 aliphatic heterocycles. The van der Waals surface area contributed by atoms with E-state index >= 15 is 0 Å². The molecule has 0 radical (unpaired) electrons. The van der Waals surface area contributed by atoms with Crippen molar-refractivity contribution in [3.05, 3.63) is 182 Å². The summed E-state index contributed by atoms with van der Waals surface area (Å²) >= 11 is 0. The molecule has 246 valence electrons. The Kier molecular flexibility index (Phi) is 5.83. The van der Waals surface area contributed by atoms with Gasteiger partial charge in [-0.2, -0.15) is 0 Å². The van der Waals surface area contributed by atoms with Gasteiger partial charge < -0.3 is 18.8 Å². The normalized spacial score (nSPS) is 13.0. The van der Waals surface area contributed by atoms with Crippen LogP contribution in [-0.4, -0.2) is 15.8 Å². The number of para-hydroxylation sites is 6. The minimum absolute atomic E-state index is 0.0423. The van der Waals surface area contributed by atoms with E-state index in [0.717, 1.165) is 39.8 Å². The van der Waals surface area contributed by atoms with Gasteiger partial charge in [-0.25, -0.2) is 0 Å². The van der Waals surface area contributed by atoms with Crippen LogP contribution in [0.3, 0.4) is 0 Å². The molecule has 0 fully saturated rings. The van der Waals surface area contributed by atoms with Crippen LogP contribution in [0, 0.1) is 0 Å². The molecule has 12 rings (SSSR count). The summed E-state index contributed by atoms with van der Waals surface area (Å²) in [6, 6.07) is 65.8. The first-order chi connectivity index (χ1) is 26.3. The Morgan fingerprint density at radius 1 is 0.377 bits per heavy atom. The summed E-state index contributed by atoms with van der Waals surface area (Å²) in [5, 5.41) is 4.90. The Balaban J connectivity index is 1.25. The van der Waals surface area contributed by atoms with Crippen LogP contribution in [0.5, 0.6) is 11.5 Å². The van der Waals surface area contributed by atoms with Gasteiger partial charge in [0.2, 0.25) is 0 Å². The molecule has 8 aromatic carbocycles. The summed E-state index contributed by atoms with van der Waals surface area (Å²) in [7, 11) is 0. The highest BCUT2D eigenvalue weighted by Crippen LogP contribution is 2.45. The van der Waals surface area contributed by atoms with Crippen LogP contribution in [0.15, 0.2) is 182 Å². The van der Waals surface area contributed by atoms with Crippen molar-refractivity contribution in [1.82, 2.24) is 9.13 Å². The van der Waals surface area contributed by atoms with Crippen molar-refractivity contribution < 1.29 is 4.74 Å². The Labute approximate surface area is 306 Å². The molecule has 0 atom stereocenters. The first-order valence-electron chi connectivity index (χ1n) is 18.2. The van der Waals surface area contributed by atoms with Gasteiger partial charge in [0.1, 0.15) is 11.5 Å². The Morgan fingerprint density at radius 2 is 0.925 bits per heavy atom. The molecule has 2 aromatic heterocycles. The van der Waals surface area contributed by atoms with E-state index in [9.17, 15) is 0 Å². The van der Waals surface area contributed by atoms with E-state index in [1.807, 2.05) is 0 Å². The number of aromatic nitrogens is 2. The smallest absolute Gasteiger partial charge is 0.256 e. The highest BCUT2D eigenvalue weighted by atomic mass is 16.5. The van der Waals surface area contributed by atoms with Gasteiger partial charge in [-0.05, 0) is 71.0 Å². The van der Waals surface area contributed by atoms with Gasteiger partial charge in [-0.1, -0.05) is 121 Å². The third kappa shape index (κ3) is 3.91. The fourth-order valence-corrected chi connectivity index (χ4v) is 9.23. The fourth-order valence-electron chi connectivity index (χ4n) is 9.23. The fraction of sp³-hybridized carbons (Fsp3) is 0. The molecule has 0 unspecified atom stereocenters. The lowest BCUT2D eigenvalue weighted by molar-refractivity contribution is 0.487. The molecule has 2 aliphatic rings. The van der Waals surface area contributed by atoms with E-state index in [1.165, 1.54) is 60.2 Å². The predicted octanol–water partition coefficient (Wildman–Crippen LogP) is 10.3. The standard InChI is InChI=1S/C48H30BN3O/c1-3-15-31(16-4-1)50-42-25-13-9-21-38(42)49-39-22-10-14-26-44(39)53-45-30-33(29-43(50)46(45)49)52-41-24-12-8-20-35(41)37-28-27-36-34-19-7-11-23-40(34)51(47(36)48(37)52)32-17-5-2-6-18-32/h1-30H. The molecule has 10 aromatic rings. The Morgan fingerprint density at radius 3 is 1.62 bits per heavy atom. The van der Waals surface area contributed by atoms with Crippen LogP contribution in [0.4, 0.5) is 17.1 Å².